The highest BCUT2D eigenvalue weighted by Gasteiger charge is 1.93. The first-order valence-electron chi connectivity index (χ1n) is 4.46. The van der Waals surface area contributed by atoms with Crippen molar-refractivity contribution in [3.63, 3.8) is 0 Å². The van der Waals surface area contributed by atoms with Crippen LogP contribution in [0.5, 0.6) is 0 Å². The SMILES string of the molecule is CC(C)OCCn1ccc(=O)cc1. The van der Waals surface area contributed by atoms with E-state index in [-0.39, 0.29) is 11.5 Å². The minimum atomic E-state index is 0.0426. The van der Waals surface area contributed by atoms with Gasteiger partial charge >= 0.3 is 0 Å². The fourth-order valence-electron chi connectivity index (χ4n) is 0.987. The zero-order valence-electron chi connectivity index (χ0n) is 8.06. The van der Waals surface area contributed by atoms with Gasteiger partial charge in [0.25, 0.3) is 0 Å². The molecule has 1 rings (SSSR count). The fraction of sp³-hybridized carbons (Fsp3) is 0.500. The monoisotopic (exact) mass is 181 g/mol. The van der Waals surface area contributed by atoms with Gasteiger partial charge in [-0.3, -0.25) is 4.79 Å². The van der Waals surface area contributed by atoms with Crippen molar-refractivity contribution >= 4 is 0 Å². The van der Waals surface area contributed by atoms with Crippen LogP contribution in [0, 0.1) is 0 Å². The molecule has 13 heavy (non-hydrogen) atoms. The van der Waals surface area contributed by atoms with E-state index in [1.807, 2.05) is 18.4 Å². The van der Waals surface area contributed by atoms with E-state index >= 15 is 0 Å². The Morgan fingerprint density at radius 2 is 2.00 bits per heavy atom. The molecule has 3 nitrogen and oxygen atoms in total. The first-order valence-corrected chi connectivity index (χ1v) is 4.46. The Hall–Kier alpha value is -1.09. The Kier molecular flexibility index (Phi) is 3.71. The lowest BCUT2D eigenvalue weighted by Crippen LogP contribution is -2.11. The van der Waals surface area contributed by atoms with Crippen molar-refractivity contribution in [2.45, 2.75) is 26.5 Å². The Bertz CT molecular complexity index is 284. The van der Waals surface area contributed by atoms with Gasteiger partial charge in [0.2, 0.25) is 0 Å². The number of rotatable bonds is 4. The van der Waals surface area contributed by atoms with E-state index in [4.69, 9.17) is 4.74 Å². The van der Waals surface area contributed by atoms with Crippen molar-refractivity contribution in [1.29, 1.82) is 0 Å². The van der Waals surface area contributed by atoms with Crippen LogP contribution in [0.4, 0.5) is 0 Å². The zero-order chi connectivity index (χ0) is 9.68. The Balaban J connectivity index is 2.37. The van der Waals surface area contributed by atoms with Crippen molar-refractivity contribution < 1.29 is 4.74 Å². The molecule has 1 heterocycles. The third-order valence-corrected chi connectivity index (χ3v) is 1.66. The number of hydrogen-bond donors (Lipinski definition) is 0. The van der Waals surface area contributed by atoms with Gasteiger partial charge in [0, 0.05) is 31.1 Å². The van der Waals surface area contributed by atoms with Gasteiger partial charge in [0.05, 0.1) is 12.7 Å². The van der Waals surface area contributed by atoms with Crippen molar-refractivity contribution in [3.05, 3.63) is 34.7 Å². The predicted octanol–water partition coefficient (Wildman–Crippen LogP) is 1.27. The summed E-state index contributed by atoms with van der Waals surface area (Å²) in [7, 11) is 0. The molecule has 0 saturated heterocycles. The standard InChI is InChI=1S/C10H15NO2/c1-9(2)13-8-7-11-5-3-10(12)4-6-11/h3-6,9H,7-8H2,1-2H3. The molecule has 3 heteroatoms. The second-order valence-corrected chi connectivity index (χ2v) is 3.19. The Morgan fingerprint density at radius 3 is 2.54 bits per heavy atom. The van der Waals surface area contributed by atoms with Crippen molar-refractivity contribution in [2.75, 3.05) is 6.61 Å². The van der Waals surface area contributed by atoms with Gasteiger partial charge in [0.15, 0.2) is 5.43 Å². The summed E-state index contributed by atoms with van der Waals surface area (Å²) in [5, 5.41) is 0. The van der Waals surface area contributed by atoms with E-state index in [0.29, 0.717) is 6.61 Å². The summed E-state index contributed by atoms with van der Waals surface area (Å²) in [6.45, 7) is 5.48. The zero-order valence-corrected chi connectivity index (χ0v) is 8.06. The van der Waals surface area contributed by atoms with Crippen LogP contribution >= 0.6 is 0 Å². The molecular formula is C10H15NO2. The molecule has 0 bridgehead atoms. The van der Waals surface area contributed by atoms with Crippen LogP contribution < -0.4 is 5.43 Å². The maximum Gasteiger partial charge on any atom is 0.181 e. The summed E-state index contributed by atoms with van der Waals surface area (Å²) >= 11 is 0. The molecule has 0 spiro atoms. The van der Waals surface area contributed by atoms with E-state index in [2.05, 4.69) is 0 Å². The third kappa shape index (κ3) is 3.90. The average Bonchev–Trinajstić information content (AvgIpc) is 2.08. The minimum Gasteiger partial charge on any atom is -0.377 e. The molecule has 0 aliphatic rings. The first-order chi connectivity index (χ1) is 6.18. The predicted molar refractivity (Wildman–Crippen MR) is 51.8 cm³/mol. The maximum atomic E-state index is 10.8. The molecular weight excluding hydrogens is 166 g/mol. The van der Waals surface area contributed by atoms with E-state index in [9.17, 15) is 4.79 Å². The molecule has 0 aliphatic carbocycles. The lowest BCUT2D eigenvalue weighted by molar-refractivity contribution is 0.0727. The van der Waals surface area contributed by atoms with Crippen molar-refractivity contribution in [3.8, 4) is 0 Å². The summed E-state index contributed by atoms with van der Waals surface area (Å²) < 4.78 is 7.31. The molecule has 0 radical (unpaired) electrons. The van der Waals surface area contributed by atoms with Crippen LogP contribution in [0.2, 0.25) is 0 Å². The van der Waals surface area contributed by atoms with Gasteiger partial charge in [-0.2, -0.15) is 0 Å². The van der Waals surface area contributed by atoms with Gasteiger partial charge in [-0.1, -0.05) is 0 Å². The number of nitrogens with zero attached hydrogens (tertiary/aromatic N) is 1. The average molecular weight is 181 g/mol. The first kappa shape index (κ1) is 9.99. The van der Waals surface area contributed by atoms with Crippen molar-refractivity contribution in [2.24, 2.45) is 0 Å². The summed E-state index contributed by atoms with van der Waals surface area (Å²) in [6.07, 6.45) is 3.80. The number of pyridine rings is 1. The van der Waals surface area contributed by atoms with Crippen LogP contribution in [0.1, 0.15) is 13.8 Å². The topological polar surface area (TPSA) is 31.2 Å². The molecule has 0 fully saturated rings. The molecule has 1 aromatic rings. The van der Waals surface area contributed by atoms with Crippen LogP contribution in [0.3, 0.4) is 0 Å². The number of ether oxygens (including phenoxy) is 1. The van der Waals surface area contributed by atoms with Crippen LogP contribution in [-0.4, -0.2) is 17.3 Å². The third-order valence-electron chi connectivity index (χ3n) is 1.66. The molecule has 0 aliphatic heterocycles. The summed E-state index contributed by atoms with van der Waals surface area (Å²) in [5.41, 5.74) is 0.0426. The Labute approximate surface area is 78.0 Å². The fourth-order valence-corrected chi connectivity index (χ4v) is 0.987. The van der Waals surface area contributed by atoms with Crippen molar-refractivity contribution in [1.82, 2.24) is 4.57 Å². The van der Waals surface area contributed by atoms with E-state index in [1.165, 1.54) is 0 Å². The van der Waals surface area contributed by atoms with Gasteiger partial charge in [0.1, 0.15) is 0 Å². The minimum absolute atomic E-state index is 0.0426. The quantitative estimate of drug-likeness (QED) is 0.700. The lowest BCUT2D eigenvalue weighted by atomic mass is 10.4. The van der Waals surface area contributed by atoms with Gasteiger partial charge in [-0.25, -0.2) is 0 Å². The molecule has 0 aromatic carbocycles. The highest BCUT2D eigenvalue weighted by Crippen LogP contribution is 1.90. The number of hydrogen-bond acceptors (Lipinski definition) is 2. The lowest BCUT2D eigenvalue weighted by Gasteiger charge is -2.08. The molecule has 0 N–H and O–H groups in total. The smallest absolute Gasteiger partial charge is 0.181 e. The van der Waals surface area contributed by atoms with E-state index in [1.54, 1.807) is 24.5 Å². The molecule has 72 valence electrons. The maximum absolute atomic E-state index is 10.8. The molecule has 0 unspecified atom stereocenters. The van der Waals surface area contributed by atoms with Crippen LogP contribution in [0.15, 0.2) is 29.3 Å². The van der Waals surface area contributed by atoms with Gasteiger partial charge < -0.3 is 9.30 Å². The van der Waals surface area contributed by atoms with Gasteiger partial charge in [-0.15, -0.1) is 0 Å². The molecule has 0 saturated carbocycles. The highest BCUT2D eigenvalue weighted by atomic mass is 16.5. The largest absolute Gasteiger partial charge is 0.377 e. The van der Waals surface area contributed by atoms with Gasteiger partial charge in [-0.05, 0) is 13.8 Å². The summed E-state index contributed by atoms with van der Waals surface area (Å²) in [5.74, 6) is 0. The summed E-state index contributed by atoms with van der Waals surface area (Å²) in [6, 6.07) is 3.10. The molecule has 0 atom stereocenters. The highest BCUT2D eigenvalue weighted by molar-refractivity contribution is 4.93. The van der Waals surface area contributed by atoms with Crippen LogP contribution in [0.25, 0.3) is 0 Å². The Morgan fingerprint density at radius 1 is 1.38 bits per heavy atom. The van der Waals surface area contributed by atoms with E-state index < -0.39 is 0 Å². The summed E-state index contributed by atoms with van der Waals surface area (Å²) in [4.78, 5) is 10.8. The molecule has 1 aromatic heterocycles. The van der Waals surface area contributed by atoms with Crippen LogP contribution in [-0.2, 0) is 11.3 Å². The van der Waals surface area contributed by atoms with E-state index in [0.717, 1.165) is 6.54 Å². The number of aromatic nitrogens is 1. The second kappa shape index (κ2) is 4.82. The second-order valence-electron chi connectivity index (χ2n) is 3.19. The molecule has 0 amide bonds. The normalized spacial score (nSPS) is 10.7.